The molecule has 0 radical (unpaired) electrons. The molecule has 2 aromatic carbocycles. The molecule has 208 valence electrons. The summed E-state index contributed by atoms with van der Waals surface area (Å²) in [5, 5.41) is 5.10. The zero-order valence-electron chi connectivity index (χ0n) is 22.7. The summed E-state index contributed by atoms with van der Waals surface area (Å²) in [4.78, 5) is 11.7. The lowest BCUT2D eigenvalue weighted by atomic mass is 10.1. The van der Waals surface area contributed by atoms with Crippen LogP contribution in [-0.4, -0.2) is 20.0 Å². The first-order valence-corrected chi connectivity index (χ1v) is 14.8. The second-order valence-corrected chi connectivity index (χ2v) is 11.9. The Morgan fingerprint density at radius 2 is 1.42 bits per heavy atom. The fraction of sp³-hybridized carbons (Fsp3) is 0.500. The summed E-state index contributed by atoms with van der Waals surface area (Å²) in [5.41, 5.74) is -0.148. The Balaban J connectivity index is 1.61. The molecule has 0 saturated carbocycles. The van der Waals surface area contributed by atoms with Crippen molar-refractivity contribution in [3.63, 3.8) is 0 Å². The van der Waals surface area contributed by atoms with Crippen LogP contribution in [0.25, 0.3) is 0 Å². The van der Waals surface area contributed by atoms with Gasteiger partial charge in [-0.2, -0.15) is 0 Å². The van der Waals surface area contributed by atoms with Gasteiger partial charge >= 0.3 is 5.97 Å². The summed E-state index contributed by atoms with van der Waals surface area (Å²) in [5.74, 6) is 6.21. The molecule has 0 fully saturated rings. The van der Waals surface area contributed by atoms with Gasteiger partial charge in [-0.3, -0.25) is 4.79 Å². The molecule has 2 N–H and O–H groups in total. The predicted molar refractivity (Wildman–Crippen MR) is 148 cm³/mol. The number of rotatable bonds is 14. The number of ether oxygens (including phenoxy) is 2. The highest BCUT2D eigenvalue weighted by atomic mass is 32.2. The third kappa shape index (κ3) is 13.1. The van der Waals surface area contributed by atoms with Gasteiger partial charge in [-0.25, -0.2) is 17.9 Å². The van der Waals surface area contributed by atoms with Crippen LogP contribution in [0.15, 0.2) is 47.4 Å². The van der Waals surface area contributed by atoms with Crippen LogP contribution in [0.1, 0.15) is 97.0 Å². The Labute approximate surface area is 227 Å². The summed E-state index contributed by atoms with van der Waals surface area (Å²) in [7, 11) is -3.77. The minimum absolute atomic E-state index is 0.0114. The van der Waals surface area contributed by atoms with Crippen molar-refractivity contribution < 1.29 is 27.1 Å². The number of benzene rings is 2. The van der Waals surface area contributed by atoms with Crippen molar-refractivity contribution in [1.82, 2.24) is 0 Å². The number of hydrogen-bond donors (Lipinski definition) is 1. The number of primary sulfonamides is 1. The Hall–Kier alpha value is -2.89. The van der Waals surface area contributed by atoms with Gasteiger partial charge in [0.1, 0.15) is 22.9 Å². The molecule has 0 atom stereocenters. The number of unbranched alkanes of at least 4 members (excludes halogenated alkanes) is 9. The van der Waals surface area contributed by atoms with Gasteiger partial charge in [-0.1, -0.05) is 56.8 Å². The lowest BCUT2D eigenvalue weighted by Gasteiger charge is -2.19. The summed E-state index contributed by atoms with van der Waals surface area (Å²) in [6.07, 6.45) is 11.1. The minimum atomic E-state index is -3.77. The van der Waals surface area contributed by atoms with Crippen molar-refractivity contribution in [2.75, 3.05) is 0 Å². The number of carbonyl (C=O) groups excluding carboxylic acids is 1. The van der Waals surface area contributed by atoms with E-state index >= 15 is 0 Å². The van der Waals surface area contributed by atoms with Crippen molar-refractivity contribution in [1.29, 1.82) is 0 Å². The van der Waals surface area contributed by atoms with E-state index in [9.17, 15) is 17.6 Å². The van der Waals surface area contributed by atoms with E-state index < -0.39 is 21.4 Å². The lowest BCUT2D eigenvalue weighted by Crippen LogP contribution is -2.23. The zero-order valence-corrected chi connectivity index (χ0v) is 23.5. The van der Waals surface area contributed by atoms with Gasteiger partial charge in [-0.05, 0) is 76.1 Å². The zero-order chi connectivity index (χ0) is 28.0. The molecule has 0 amide bonds. The maximum Gasteiger partial charge on any atom is 0.306 e. The molecule has 0 heterocycles. The van der Waals surface area contributed by atoms with E-state index in [0.29, 0.717) is 24.3 Å². The molecule has 2 rings (SSSR count). The van der Waals surface area contributed by atoms with Crippen LogP contribution in [0, 0.1) is 17.7 Å². The summed E-state index contributed by atoms with van der Waals surface area (Å²) in [6.45, 7) is 5.66. The first-order chi connectivity index (χ1) is 17.9. The van der Waals surface area contributed by atoms with Crippen LogP contribution in [0.4, 0.5) is 4.39 Å². The van der Waals surface area contributed by atoms with Crippen molar-refractivity contribution in [3.8, 4) is 23.3 Å². The Morgan fingerprint density at radius 1 is 0.868 bits per heavy atom. The predicted octanol–water partition coefficient (Wildman–Crippen LogP) is 7.25. The SMILES string of the molecule is CC(C)(C)OC(=O)CCCCCCCCCCCC#Cc1cc(Oc2ccc(S(N)(=O)=O)cc2)ccc1F. The van der Waals surface area contributed by atoms with Crippen molar-refractivity contribution in [2.24, 2.45) is 5.14 Å². The highest BCUT2D eigenvalue weighted by molar-refractivity contribution is 7.89. The second-order valence-electron chi connectivity index (χ2n) is 10.3. The maximum absolute atomic E-state index is 14.2. The summed E-state index contributed by atoms with van der Waals surface area (Å²) < 4.78 is 47.9. The van der Waals surface area contributed by atoms with Gasteiger partial charge in [0.25, 0.3) is 0 Å². The van der Waals surface area contributed by atoms with Gasteiger partial charge in [0.2, 0.25) is 10.0 Å². The molecule has 0 aliphatic carbocycles. The van der Waals surface area contributed by atoms with Crippen LogP contribution >= 0.6 is 0 Å². The Morgan fingerprint density at radius 3 is 2.00 bits per heavy atom. The number of esters is 1. The molecular weight excluding hydrogens is 505 g/mol. The molecule has 0 bridgehead atoms. The van der Waals surface area contributed by atoms with Crippen LogP contribution < -0.4 is 9.88 Å². The molecule has 0 aliphatic heterocycles. The first kappa shape index (κ1) is 31.3. The van der Waals surface area contributed by atoms with Crippen LogP contribution in [-0.2, 0) is 19.6 Å². The minimum Gasteiger partial charge on any atom is -0.460 e. The number of nitrogens with two attached hydrogens (primary N) is 1. The van der Waals surface area contributed by atoms with Crippen LogP contribution in [0.2, 0.25) is 0 Å². The monoisotopic (exact) mass is 545 g/mol. The standard InChI is InChI=1S/C30H40FNO5S/c1-30(2,3)37-29(33)16-14-12-10-8-6-4-5-7-9-11-13-15-24-23-26(19-22-28(24)31)36-25-17-20-27(21-18-25)38(32,34)35/h17-23H,4-12,14,16H2,1-3H3,(H2,32,34,35). The van der Waals surface area contributed by atoms with Crippen molar-refractivity contribution in [2.45, 2.75) is 102 Å². The average Bonchev–Trinajstić information content (AvgIpc) is 2.82. The van der Waals surface area contributed by atoms with E-state index in [1.54, 1.807) is 0 Å². The number of sulfonamides is 1. The molecule has 0 unspecified atom stereocenters. The lowest BCUT2D eigenvalue weighted by molar-refractivity contribution is -0.154. The number of carbonyl (C=O) groups is 1. The van der Waals surface area contributed by atoms with Gasteiger partial charge in [0.15, 0.2) is 0 Å². The number of hydrogen-bond acceptors (Lipinski definition) is 5. The number of halogens is 1. The normalized spacial score (nSPS) is 11.5. The molecule has 8 heteroatoms. The molecule has 38 heavy (non-hydrogen) atoms. The van der Waals surface area contributed by atoms with Gasteiger partial charge in [0.05, 0.1) is 10.5 Å². The molecule has 0 spiro atoms. The third-order valence-electron chi connectivity index (χ3n) is 5.65. The molecule has 6 nitrogen and oxygen atoms in total. The van der Waals surface area contributed by atoms with Gasteiger partial charge < -0.3 is 9.47 Å². The summed E-state index contributed by atoms with van der Waals surface area (Å²) >= 11 is 0. The highest BCUT2D eigenvalue weighted by Gasteiger charge is 2.15. The van der Waals surface area contributed by atoms with E-state index in [-0.39, 0.29) is 16.4 Å². The molecule has 0 aromatic heterocycles. The fourth-order valence-corrected chi connectivity index (χ4v) is 4.28. The van der Waals surface area contributed by atoms with Gasteiger partial charge in [-0.15, -0.1) is 0 Å². The fourth-order valence-electron chi connectivity index (χ4n) is 3.77. The molecule has 0 saturated heterocycles. The van der Waals surface area contributed by atoms with Crippen LogP contribution in [0.3, 0.4) is 0 Å². The van der Waals surface area contributed by atoms with Crippen LogP contribution in [0.5, 0.6) is 11.5 Å². The highest BCUT2D eigenvalue weighted by Crippen LogP contribution is 2.24. The largest absolute Gasteiger partial charge is 0.460 e. The van der Waals surface area contributed by atoms with E-state index in [2.05, 4.69) is 11.8 Å². The maximum atomic E-state index is 14.2. The quantitative estimate of drug-likeness (QED) is 0.153. The van der Waals surface area contributed by atoms with E-state index in [1.165, 1.54) is 61.7 Å². The third-order valence-corrected chi connectivity index (χ3v) is 6.58. The first-order valence-electron chi connectivity index (χ1n) is 13.2. The van der Waals surface area contributed by atoms with E-state index in [1.807, 2.05) is 20.8 Å². The topological polar surface area (TPSA) is 95.7 Å². The van der Waals surface area contributed by atoms with E-state index in [4.69, 9.17) is 14.6 Å². The van der Waals surface area contributed by atoms with E-state index in [0.717, 1.165) is 38.5 Å². The Bertz CT molecular complexity index is 1190. The smallest absolute Gasteiger partial charge is 0.306 e. The second kappa shape index (κ2) is 15.5. The average molecular weight is 546 g/mol. The van der Waals surface area contributed by atoms with Gasteiger partial charge in [0, 0.05) is 12.8 Å². The summed E-state index contributed by atoms with van der Waals surface area (Å²) in [6, 6.07) is 10.0. The van der Waals surface area contributed by atoms with Crippen molar-refractivity contribution >= 4 is 16.0 Å². The molecular formula is C30H40FNO5S. The van der Waals surface area contributed by atoms with Crippen molar-refractivity contribution in [3.05, 3.63) is 53.8 Å². The molecule has 0 aliphatic rings. The molecule has 2 aromatic rings. The Kier molecular flexibility index (Phi) is 12.8.